The minimum absolute atomic E-state index is 0.0850. The number of nitrogens with zero attached hydrogens (tertiary/aromatic N) is 3. The molecule has 164 valence electrons. The number of benzene rings is 2. The molecule has 1 aromatic heterocycles. The first-order chi connectivity index (χ1) is 15.4. The number of rotatable bonds is 7. The zero-order chi connectivity index (χ0) is 22.8. The molecule has 2 amide bonds. The van der Waals surface area contributed by atoms with Gasteiger partial charge in [0.2, 0.25) is 0 Å². The third-order valence-electron chi connectivity index (χ3n) is 4.86. The maximum atomic E-state index is 12.9. The van der Waals surface area contributed by atoms with E-state index in [0.717, 1.165) is 4.90 Å². The van der Waals surface area contributed by atoms with Crippen LogP contribution in [0.25, 0.3) is 0 Å². The molecule has 1 aliphatic rings. The zero-order valence-corrected chi connectivity index (χ0v) is 17.8. The van der Waals surface area contributed by atoms with Crippen LogP contribution >= 0.6 is 0 Å². The van der Waals surface area contributed by atoms with E-state index >= 15 is 0 Å². The van der Waals surface area contributed by atoms with Gasteiger partial charge >= 0.3 is 5.97 Å². The summed E-state index contributed by atoms with van der Waals surface area (Å²) in [6.07, 6.45) is 0. The Kier molecular flexibility index (Phi) is 5.72. The summed E-state index contributed by atoms with van der Waals surface area (Å²) in [5, 5.41) is 3.81. The van der Waals surface area contributed by atoms with Crippen LogP contribution in [0.1, 0.15) is 69.5 Å². The molecule has 32 heavy (non-hydrogen) atoms. The van der Waals surface area contributed by atoms with Crippen molar-refractivity contribution in [2.75, 3.05) is 11.5 Å². The largest absolute Gasteiger partial charge is 0.494 e. The van der Waals surface area contributed by atoms with E-state index in [1.54, 1.807) is 24.3 Å². The number of carbonyl (C=O) groups is 3. The van der Waals surface area contributed by atoms with Crippen molar-refractivity contribution in [3.05, 3.63) is 70.9 Å². The molecule has 9 heteroatoms. The molecule has 0 radical (unpaired) electrons. The molecule has 4 rings (SSSR count). The van der Waals surface area contributed by atoms with E-state index in [1.807, 2.05) is 20.8 Å². The fraction of sp³-hybridized carbons (Fsp3) is 0.261. The van der Waals surface area contributed by atoms with E-state index < -0.39 is 17.8 Å². The number of esters is 1. The molecular weight excluding hydrogens is 414 g/mol. The quantitative estimate of drug-likeness (QED) is 0.407. The standard InChI is InChI=1S/C23H21N3O6/c1-4-30-16-8-6-15(7-9-16)26-21(27)17-10-5-14(11-18(17)22(26)28)23(29)31-12-19-24-20(13(2)3)25-32-19/h5-11,13H,4,12H2,1-3H3. The Balaban J connectivity index is 1.49. The van der Waals surface area contributed by atoms with Crippen LogP contribution in [-0.2, 0) is 11.3 Å². The lowest BCUT2D eigenvalue weighted by Crippen LogP contribution is -2.29. The number of hydrogen-bond donors (Lipinski definition) is 0. The first-order valence-corrected chi connectivity index (χ1v) is 10.1. The molecule has 9 nitrogen and oxygen atoms in total. The molecule has 0 atom stereocenters. The monoisotopic (exact) mass is 435 g/mol. The van der Waals surface area contributed by atoms with Gasteiger partial charge in [0.25, 0.3) is 17.7 Å². The average molecular weight is 435 g/mol. The highest BCUT2D eigenvalue weighted by Gasteiger charge is 2.37. The van der Waals surface area contributed by atoms with Crippen molar-refractivity contribution in [1.82, 2.24) is 10.1 Å². The van der Waals surface area contributed by atoms with Crippen molar-refractivity contribution in [2.24, 2.45) is 0 Å². The Bertz CT molecular complexity index is 1180. The normalized spacial score (nSPS) is 12.9. The molecule has 0 aliphatic carbocycles. The molecule has 2 heterocycles. The summed E-state index contributed by atoms with van der Waals surface area (Å²) in [4.78, 5) is 43.4. The molecule has 0 N–H and O–H groups in total. The lowest BCUT2D eigenvalue weighted by Gasteiger charge is -2.14. The summed E-state index contributed by atoms with van der Waals surface area (Å²) in [6, 6.07) is 10.9. The van der Waals surface area contributed by atoms with Gasteiger partial charge in [-0.3, -0.25) is 9.59 Å². The second-order valence-corrected chi connectivity index (χ2v) is 7.41. The predicted octanol–water partition coefficient (Wildman–Crippen LogP) is 3.75. The number of fused-ring (bicyclic) bond motifs is 1. The Morgan fingerprint density at radius 2 is 1.78 bits per heavy atom. The van der Waals surface area contributed by atoms with Crippen LogP contribution in [0.5, 0.6) is 5.75 Å². The Labute approximate surface area is 183 Å². The van der Waals surface area contributed by atoms with Crippen LogP contribution in [0, 0.1) is 0 Å². The molecule has 1 aliphatic heterocycles. The molecular formula is C23H21N3O6. The molecule has 0 fully saturated rings. The number of aromatic nitrogens is 2. The van der Waals surface area contributed by atoms with Gasteiger partial charge in [0, 0.05) is 5.92 Å². The summed E-state index contributed by atoms with van der Waals surface area (Å²) in [5.74, 6) is -0.218. The highest BCUT2D eigenvalue weighted by Crippen LogP contribution is 2.30. The van der Waals surface area contributed by atoms with Crippen LogP contribution < -0.4 is 9.64 Å². The van der Waals surface area contributed by atoms with Gasteiger partial charge < -0.3 is 14.0 Å². The molecule has 0 saturated heterocycles. The minimum Gasteiger partial charge on any atom is -0.494 e. The molecule has 0 unspecified atom stereocenters. The lowest BCUT2D eigenvalue weighted by molar-refractivity contribution is 0.0429. The van der Waals surface area contributed by atoms with Gasteiger partial charge in [0.05, 0.1) is 29.0 Å². The second-order valence-electron chi connectivity index (χ2n) is 7.41. The fourth-order valence-electron chi connectivity index (χ4n) is 3.23. The van der Waals surface area contributed by atoms with Gasteiger partial charge in [-0.15, -0.1) is 0 Å². The van der Waals surface area contributed by atoms with E-state index in [0.29, 0.717) is 23.9 Å². The van der Waals surface area contributed by atoms with Crippen LogP contribution in [0.4, 0.5) is 5.69 Å². The van der Waals surface area contributed by atoms with Crippen molar-refractivity contribution in [3.8, 4) is 5.75 Å². The first-order valence-electron chi connectivity index (χ1n) is 10.1. The second kappa shape index (κ2) is 8.62. The third-order valence-corrected chi connectivity index (χ3v) is 4.86. The van der Waals surface area contributed by atoms with Crippen molar-refractivity contribution in [3.63, 3.8) is 0 Å². The first kappa shape index (κ1) is 21.2. The highest BCUT2D eigenvalue weighted by atomic mass is 16.6. The van der Waals surface area contributed by atoms with Gasteiger partial charge in [0.15, 0.2) is 12.4 Å². The van der Waals surface area contributed by atoms with Crippen LogP contribution in [0.15, 0.2) is 47.0 Å². The maximum Gasteiger partial charge on any atom is 0.338 e. The smallest absolute Gasteiger partial charge is 0.338 e. The summed E-state index contributed by atoms with van der Waals surface area (Å²) in [6.45, 7) is 6.02. The summed E-state index contributed by atoms with van der Waals surface area (Å²) in [7, 11) is 0. The number of carbonyl (C=O) groups excluding carboxylic acids is 3. The van der Waals surface area contributed by atoms with Gasteiger partial charge in [-0.2, -0.15) is 4.98 Å². The number of anilines is 1. The summed E-state index contributed by atoms with van der Waals surface area (Å²) >= 11 is 0. The van der Waals surface area contributed by atoms with Gasteiger partial charge in [0.1, 0.15) is 5.75 Å². The molecule has 2 aromatic carbocycles. The lowest BCUT2D eigenvalue weighted by atomic mass is 10.1. The van der Waals surface area contributed by atoms with E-state index in [9.17, 15) is 14.4 Å². The summed E-state index contributed by atoms with van der Waals surface area (Å²) < 4.78 is 15.7. The van der Waals surface area contributed by atoms with E-state index in [-0.39, 0.29) is 35.1 Å². The minimum atomic E-state index is -0.670. The Morgan fingerprint density at radius 1 is 1.06 bits per heavy atom. The van der Waals surface area contributed by atoms with Crippen LogP contribution in [-0.4, -0.2) is 34.5 Å². The average Bonchev–Trinajstić information content (AvgIpc) is 3.36. The van der Waals surface area contributed by atoms with E-state index in [2.05, 4.69) is 10.1 Å². The fourth-order valence-corrected chi connectivity index (χ4v) is 3.23. The Hall–Kier alpha value is -4.01. The van der Waals surface area contributed by atoms with Crippen molar-refractivity contribution < 1.29 is 28.4 Å². The van der Waals surface area contributed by atoms with Crippen LogP contribution in [0.3, 0.4) is 0 Å². The topological polar surface area (TPSA) is 112 Å². The highest BCUT2D eigenvalue weighted by molar-refractivity contribution is 6.34. The van der Waals surface area contributed by atoms with E-state index in [1.165, 1.54) is 18.2 Å². The van der Waals surface area contributed by atoms with Gasteiger partial charge in [-0.25, -0.2) is 9.69 Å². The summed E-state index contributed by atoms with van der Waals surface area (Å²) in [5.41, 5.74) is 0.917. The number of ether oxygens (including phenoxy) is 2. The SMILES string of the molecule is CCOc1ccc(N2C(=O)c3ccc(C(=O)OCc4nc(C(C)C)no4)cc3C2=O)cc1. The van der Waals surface area contributed by atoms with Crippen LogP contribution in [0.2, 0.25) is 0 Å². The van der Waals surface area contributed by atoms with Gasteiger partial charge in [-0.1, -0.05) is 19.0 Å². The zero-order valence-electron chi connectivity index (χ0n) is 17.8. The van der Waals surface area contributed by atoms with Gasteiger partial charge in [-0.05, 0) is 49.4 Å². The maximum absolute atomic E-state index is 12.9. The molecule has 0 spiro atoms. The molecule has 0 saturated carbocycles. The van der Waals surface area contributed by atoms with Crippen molar-refractivity contribution in [2.45, 2.75) is 33.3 Å². The van der Waals surface area contributed by atoms with Crippen molar-refractivity contribution >= 4 is 23.5 Å². The Morgan fingerprint density at radius 3 is 2.44 bits per heavy atom. The third kappa shape index (κ3) is 3.96. The number of imide groups is 1. The molecule has 3 aromatic rings. The predicted molar refractivity (Wildman–Crippen MR) is 113 cm³/mol. The van der Waals surface area contributed by atoms with E-state index in [4.69, 9.17) is 14.0 Å². The number of hydrogen-bond acceptors (Lipinski definition) is 8. The van der Waals surface area contributed by atoms with Crippen molar-refractivity contribution in [1.29, 1.82) is 0 Å². The molecule has 0 bridgehead atoms. The number of amides is 2.